The van der Waals surface area contributed by atoms with Crippen LogP contribution in [0.1, 0.15) is 6.92 Å². The van der Waals surface area contributed by atoms with Crippen molar-refractivity contribution in [3.05, 3.63) is 30.3 Å². The highest BCUT2D eigenvalue weighted by molar-refractivity contribution is 6.07. The number of carbonyl (C=O) groups is 1. The van der Waals surface area contributed by atoms with Gasteiger partial charge in [-0.25, -0.2) is 0 Å². The van der Waals surface area contributed by atoms with E-state index >= 15 is 0 Å². The SMILES string of the molecule is CC(=O)Nc1cccc2c(N)c(N)ccc12.Cl.Cl. The summed E-state index contributed by atoms with van der Waals surface area (Å²) in [5, 5.41) is 4.51. The molecule has 0 aromatic heterocycles. The summed E-state index contributed by atoms with van der Waals surface area (Å²) in [5.41, 5.74) is 13.4. The molecule has 2 aromatic rings. The minimum absolute atomic E-state index is 0. The van der Waals surface area contributed by atoms with Gasteiger partial charge in [0, 0.05) is 23.4 Å². The summed E-state index contributed by atoms with van der Waals surface area (Å²) in [6.07, 6.45) is 0. The molecule has 0 unspecified atom stereocenters. The largest absolute Gasteiger partial charge is 0.397 e. The molecule has 0 bridgehead atoms. The number of nitrogens with two attached hydrogens (primary N) is 2. The van der Waals surface area contributed by atoms with Crippen LogP contribution in [-0.2, 0) is 4.79 Å². The van der Waals surface area contributed by atoms with E-state index in [1.807, 2.05) is 24.3 Å². The van der Waals surface area contributed by atoms with E-state index in [0.717, 1.165) is 16.5 Å². The summed E-state index contributed by atoms with van der Waals surface area (Å²) in [6.45, 7) is 1.47. The second-order valence-corrected chi connectivity index (χ2v) is 3.65. The van der Waals surface area contributed by atoms with E-state index in [-0.39, 0.29) is 30.7 Å². The molecule has 2 rings (SSSR count). The van der Waals surface area contributed by atoms with Crippen molar-refractivity contribution in [3.63, 3.8) is 0 Å². The Morgan fingerprint density at radius 1 is 1.06 bits per heavy atom. The molecule has 0 saturated heterocycles. The molecule has 6 heteroatoms. The van der Waals surface area contributed by atoms with E-state index in [1.165, 1.54) is 6.92 Å². The number of anilines is 3. The molecular formula is C12H15Cl2N3O. The molecule has 5 N–H and O–H groups in total. The molecule has 0 atom stereocenters. The van der Waals surface area contributed by atoms with Crippen molar-refractivity contribution in [1.82, 2.24) is 0 Å². The molecule has 0 aliphatic carbocycles. The quantitative estimate of drug-likeness (QED) is 0.706. The Kier molecular flexibility index (Phi) is 5.75. The molecule has 0 fully saturated rings. The van der Waals surface area contributed by atoms with Gasteiger partial charge in [-0.15, -0.1) is 24.8 Å². The molecule has 0 aliphatic heterocycles. The summed E-state index contributed by atoms with van der Waals surface area (Å²) in [5.74, 6) is -0.108. The van der Waals surface area contributed by atoms with Crippen molar-refractivity contribution in [1.29, 1.82) is 0 Å². The Hall–Kier alpha value is -1.65. The molecule has 2 aromatic carbocycles. The molecule has 0 spiro atoms. The van der Waals surface area contributed by atoms with Crippen molar-refractivity contribution in [3.8, 4) is 0 Å². The maximum absolute atomic E-state index is 11.0. The van der Waals surface area contributed by atoms with Crippen molar-refractivity contribution >= 4 is 58.6 Å². The van der Waals surface area contributed by atoms with E-state index < -0.39 is 0 Å². The van der Waals surface area contributed by atoms with E-state index in [1.54, 1.807) is 6.07 Å². The smallest absolute Gasteiger partial charge is 0.221 e. The Balaban J connectivity index is 0.00000144. The number of hydrogen-bond acceptors (Lipinski definition) is 3. The molecule has 0 aliphatic rings. The van der Waals surface area contributed by atoms with Gasteiger partial charge < -0.3 is 16.8 Å². The average Bonchev–Trinajstić information content (AvgIpc) is 2.23. The topological polar surface area (TPSA) is 81.1 Å². The molecule has 4 nitrogen and oxygen atoms in total. The Morgan fingerprint density at radius 3 is 2.33 bits per heavy atom. The van der Waals surface area contributed by atoms with Gasteiger partial charge in [0.2, 0.25) is 5.91 Å². The van der Waals surface area contributed by atoms with Crippen LogP contribution in [0.15, 0.2) is 30.3 Å². The summed E-state index contributed by atoms with van der Waals surface area (Å²) in [4.78, 5) is 11.0. The first kappa shape index (κ1) is 16.4. The van der Waals surface area contributed by atoms with Crippen molar-refractivity contribution in [2.24, 2.45) is 0 Å². The van der Waals surface area contributed by atoms with Crippen LogP contribution in [-0.4, -0.2) is 5.91 Å². The molecular weight excluding hydrogens is 273 g/mol. The lowest BCUT2D eigenvalue weighted by molar-refractivity contribution is -0.114. The number of amides is 1. The van der Waals surface area contributed by atoms with Crippen LogP contribution in [0.2, 0.25) is 0 Å². The van der Waals surface area contributed by atoms with Gasteiger partial charge in [-0.2, -0.15) is 0 Å². The van der Waals surface area contributed by atoms with Gasteiger partial charge in [-0.1, -0.05) is 18.2 Å². The Bertz CT molecular complexity index is 572. The molecule has 98 valence electrons. The summed E-state index contributed by atoms with van der Waals surface area (Å²) >= 11 is 0. The summed E-state index contributed by atoms with van der Waals surface area (Å²) < 4.78 is 0. The first-order valence-electron chi connectivity index (χ1n) is 4.94. The van der Waals surface area contributed by atoms with Gasteiger partial charge in [0.05, 0.1) is 11.4 Å². The number of fused-ring (bicyclic) bond motifs is 1. The van der Waals surface area contributed by atoms with Gasteiger partial charge in [-0.3, -0.25) is 4.79 Å². The maximum atomic E-state index is 11.0. The van der Waals surface area contributed by atoms with E-state index in [4.69, 9.17) is 11.5 Å². The fourth-order valence-electron chi connectivity index (χ4n) is 1.70. The monoisotopic (exact) mass is 287 g/mol. The van der Waals surface area contributed by atoms with Crippen LogP contribution in [0.4, 0.5) is 17.1 Å². The highest BCUT2D eigenvalue weighted by atomic mass is 35.5. The van der Waals surface area contributed by atoms with Crippen molar-refractivity contribution in [2.45, 2.75) is 6.92 Å². The summed E-state index contributed by atoms with van der Waals surface area (Å²) in [7, 11) is 0. The normalized spacial score (nSPS) is 9.17. The highest BCUT2D eigenvalue weighted by Crippen LogP contribution is 2.31. The number of halogens is 2. The lowest BCUT2D eigenvalue weighted by Crippen LogP contribution is -2.06. The fourth-order valence-corrected chi connectivity index (χ4v) is 1.70. The number of benzene rings is 2. The van der Waals surface area contributed by atoms with E-state index in [9.17, 15) is 4.79 Å². The van der Waals surface area contributed by atoms with Crippen LogP contribution in [0, 0.1) is 0 Å². The third kappa shape index (κ3) is 2.97. The van der Waals surface area contributed by atoms with E-state index in [0.29, 0.717) is 11.4 Å². The lowest BCUT2D eigenvalue weighted by Gasteiger charge is -2.10. The fraction of sp³-hybridized carbons (Fsp3) is 0.0833. The van der Waals surface area contributed by atoms with Gasteiger partial charge in [-0.05, 0) is 12.1 Å². The van der Waals surface area contributed by atoms with Gasteiger partial charge >= 0.3 is 0 Å². The standard InChI is InChI=1S/C12H13N3O.2ClH/c1-7(16)15-11-4-2-3-9-8(11)5-6-10(13)12(9)14;;/h2-6H,13-14H2,1H3,(H,15,16);2*1H. The third-order valence-corrected chi connectivity index (χ3v) is 2.45. The molecule has 0 radical (unpaired) electrons. The minimum Gasteiger partial charge on any atom is -0.397 e. The zero-order valence-electron chi connectivity index (χ0n) is 9.77. The zero-order chi connectivity index (χ0) is 11.7. The first-order chi connectivity index (χ1) is 7.59. The minimum atomic E-state index is -0.108. The average molecular weight is 288 g/mol. The van der Waals surface area contributed by atoms with E-state index in [2.05, 4.69) is 5.32 Å². The van der Waals surface area contributed by atoms with Crippen molar-refractivity contribution in [2.75, 3.05) is 16.8 Å². The van der Waals surface area contributed by atoms with Crippen LogP contribution in [0.5, 0.6) is 0 Å². The summed E-state index contributed by atoms with van der Waals surface area (Å²) in [6, 6.07) is 9.14. The molecule has 0 saturated carbocycles. The Morgan fingerprint density at radius 2 is 1.72 bits per heavy atom. The maximum Gasteiger partial charge on any atom is 0.221 e. The second kappa shape index (κ2) is 6.33. The van der Waals surface area contributed by atoms with Crippen LogP contribution >= 0.6 is 24.8 Å². The first-order valence-corrected chi connectivity index (χ1v) is 4.94. The predicted octanol–water partition coefficient (Wildman–Crippen LogP) is 2.81. The number of hydrogen-bond donors (Lipinski definition) is 3. The van der Waals surface area contributed by atoms with Gasteiger partial charge in [0.15, 0.2) is 0 Å². The van der Waals surface area contributed by atoms with Crippen LogP contribution in [0.25, 0.3) is 10.8 Å². The molecule has 1 amide bonds. The number of nitrogen functional groups attached to an aromatic ring is 2. The second-order valence-electron chi connectivity index (χ2n) is 3.65. The molecule has 18 heavy (non-hydrogen) atoms. The van der Waals surface area contributed by atoms with Gasteiger partial charge in [0.25, 0.3) is 0 Å². The predicted molar refractivity (Wildman–Crippen MR) is 81.6 cm³/mol. The zero-order valence-corrected chi connectivity index (χ0v) is 11.4. The number of nitrogens with one attached hydrogen (secondary N) is 1. The van der Waals surface area contributed by atoms with Crippen molar-refractivity contribution < 1.29 is 4.79 Å². The highest BCUT2D eigenvalue weighted by Gasteiger charge is 2.06. The van der Waals surface area contributed by atoms with Crippen LogP contribution < -0.4 is 16.8 Å². The number of rotatable bonds is 1. The third-order valence-electron chi connectivity index (χ3n) is 2.45. The van der Waals surface area contributed by atoms with Gasteiger partial charge in [0.1, 0.15) is 0 Å². The molecule has 0 heterocycles. The van der Waals surface area contributed by atoms with Crippen LogP contribution in [0.3, 0.4) is 0 Å². The number of carbonyl (C=O) groups excluding carboxylic acids is 1. The lowest BCUT2D eigenvalue weighted by atomic mass is 10.1. The Labute approximate surface area is 118 Å².